The molecule has 2 heterocycles. The Kier molecular flexibility index (Phi) is 12.8. The average Bonchev–Trinajstić information content (AvgIpc) is 2.92. The molecule has 1 aliphatic rings. The number of hydrogen-bond acceptors (Lipinski definition) is 9. The smallest absolute Gasteiger partial charge is 0.275 e. The summed E-state index contributed by atoms with van der Waals surface area (Å²) in [5, 5.41) is 13.7. The summed E-state index contributed by atoms with van der Waals surface area (Å²) in [5.74, 6) is -0.757. The van der Waals surface area contributed by atoms with E-state index in [0.29, 0.717) is 69.9 Å². The molecule has 0 bridgehead atoms. The average molecular weight is 546 g/mol. The van der Waals surface area contributed by atoms with Crippen LogP contribution >= 0.6 is 0 Å². The summed E-state index contributed by atoms with van der Waals surface area (Å²) in [5.41, 5.74) is 0.419. The monoisotopic (exact) mass is 545 g/mol. The lowest BCUT2D eigenvalue weighted by Gasteiger charge is -2.21. The molecule has 3 rings (SSSR count). The third-order valence-corrected chi connectivity index (χ3v) is 6.12. The van der Waals surface area contributed by atoms with Crippen LogP contribution in [0.1, 0.15) is 51.5 Å². The van der Waals surface area contributed by atoms with Gasteiger partial charge in [-0.25, -0.2) is 4.68 Å². The second kappa shape index (κ2) is 16.6. The number of piperidine rings is 1. The third-order valence-electron chi connectivity index (χ3n) is 6.12. The maximum absolute atomic E-state index is 13.0. The Morgan fingerprint density at radius 2 is 1.72 bits per heavy atom. The maximum atomic E-state index is 13.0. The van der Waals surface area contributed by atoms with Crippen molar-refractivity contribution in [3.63, 3.8) is 0 Å². The molecule has 0 saturated carbocycles. The maximum Gasteiger partial charge on any atom is 0.275 e. The van der Waals surface area contributed by atoms with Gasteiger partial charge in [0, 0.05) is 50.2 Å². The van der Waals surface area contributed by atoms with Crippen LogP contribution in [0.15, 0.2) is 29.2 Å². The highest BCUT2D eigenvalue weighted by Crippen LogP contribution is 2.19. The van der Waals surface area contributed by atoms with Crippen LogP contribution in [0, 0.1) is 0 Å². The van der Waals surface area contributed by atoms with Gasteiger partial charge in [-0.2, -0.15) is 5.10 Å². The first kappa shape index (κ1) is 30.2. The standard InChI is InChI=1S/C27H39N5O7/c1-2-5-24(33)29-11-4-13-38-15-17-39-16-14-37-12-3-10-28-21-7-6-20-19-30-32(27(36)22(20)18-21)23-8-9-25(34)31-26(23)35/h6-7,18-19,23,28H,2-5,8-17H2,1H3,(H,29,33)(H,31,34,35). The SMILES string of the molecule is CCCC(=O)NCCCOCCOCCOCCCNc1ccc2cnn(C3CCC(=O)NC3=O)c(=O)c2c1. The fraction of sp³-hybridized carbons (Fsp3) is 0.593. The molecule has 0 aliphatic carbocycles. The van der Waals surface area contributed by atoms with Crippen LogP contribution in [0.25, 0.3) is 10.8 Å². The Bertz CT molecular complexity index is 1150. The molecule has 39 heavy (non-hydrogen) atoms. The first-order valence-corrected chi connectivity index (χ1v) is 13.6. The van der Waals surface area contributed by atoms with Gasteiger partial charge in [0.25, 0.3) is 11.5 Å². The molecule has 12 nitrogen and oxygen atoms in total. The highest BCUT2D eigenvalue weighted by Gasteiger charge is 2.29. The normalized spacial score (nSPS) is 15.4. The van der Waals surface area contributed by atoms with Gasteiger partial charge in [-0.1, -0.05) is 13.0 Å². The van der Waals surface area contributed by atoms with Crippen LogP contribution in [0.5, 0.6) is 0 Å². The molecule has 1 unspecified atom stereocenters. The molecule has 3 N–H and O–H groups in total. The molecular weight excluding hydrogens is 506 g/mol. The number of nitrogens with zero attached hydrogens (tertiary/aromatic N) is 2. The highest BCUT2D eigenvalue weighted by atomic mass is 16.5. The van der Waals surface area contributed by atoms with Crippen LogP contribution in [0.2, 0.25) is 0 Å². The summed E-state index contributed by atoms with van der Waals surface area (Å²) in [4.78, 5) is 47.9. The second-order valence-electron chi connectivity index (χ2n) is 9.23. The summed E-state index contributed by atoms with van der Waals surface area (Å²) in [6.07, 6.45) is 4.95. The van der Waals surface area contributed by atoms with Gasteiger partial charge in [-0.05, 0) is 37.8 Å². The van der Waals surface area contributed by atoms with E-state index in [2.05, 4.69) is 21.0 Å². The van der Waals surface area contributed by atoms with Crippen molar-refractivity contribution >= 4 is 34.2 Å². The molecule has 1 atom stereocenters. The molecule has 2 aromatic rings. The number of aromatic nitrogens is 2. The van der Waals surface area contributed by atoms with Gasteiger partial charge in [-0.3, -0.25) is 24.5 Å². The largest absolute Gasteiger partial charge is 0.385 e. The van der Waals surface area contributed by atoms with Crippen molar-refractivity contribution in [3.8, 4) is 0 Å². The predicted molar refractivity (Wildman–Crippen MR) is 146 cm³/mol. The van der Waals surface area contributed by atoms with Crippen LogP contribution in [0.3, 0.4) is 0 Å². The van der Waals surface area contributed by atoms with Crippen molar-refractivity contribution < 1.29 is 28.6 Å². The van der Waals surface area contributed by atoms with Gasteiger partial charge in [0.2, 0.25) is 11.8 Å². The van der Waals surface area contributed by atoms with Gasteiger partial charge in [0.15, 0.2) is 0 Å². The second-order valence-corrected chi connectivity index (χ2v) is 9.23. The Morgan fingerprint density at radius 3 is 2.41 bits per heavy atom. The zero-order valence-corrected chi connectivity index (χ0v) is 22.5. The van der Waals surface area contributed by atoms with Crippen molar-refractivity contribution in [1.82, 2.24) is 20.4 Å². The number of anilines is 1. The molecule has 1 fully saturated rings. The van der Waals surface area contributed by atoms with Gasteiger partial charge in [0.1, 0.15) is 6.04 Å². The highest BCUT2D eigenvalue weighted by molar-refractivity contribution is 5.99. The van der Waals surface area contributed by atoms with E-state index in [9.17, 15) is 19.2 Å². The van der Waals surface area contributed by atoms with Crippen molar-refractivity contribution in [1.29, 1.82) is 0 Å². The van der Waals surface area contributed by atoms with Crippen molar-refractivity contribution in [3.05, 3.63) is 34.7 Å². The third kappa shape index (κ3) is 10.0. The molecule has 12 heteroatoms. The number of hydrogen-bond donors (Lipinski definition) is 3. The summed E-state index contributed by atoms with van der Waals surface area (Å²) in [6, 6.07) is 4.64. The van der Waals surface area contributed by atoms with Gasteiger partial charge in [-0.15, -0.1) is 0 Å². The van der Waals surface area contributed by atoms with Crippen molar-refractivity contribution in [2.75, 3.05) is 58.0 Å². The molecule has 1 aromatic heterocycles. The summed E-state index contributed by atoms with van der Waals surface area (Å²) >= 11 is 0. The fourth-order valence-electron chi connectivity index (χ4n) is 4.07. The number of benzene rings is 1. The van der Waals surface area contributed by atoms with Gasteiger partial charge < -0.3 is 24.8 Å². The number of nitrogens with one attached hydrogen (secondary N) is 3. The van der Waals surface area contributed by atoms with E-state index < -0.39 is 11.9 Å². The molecule has 214 valence electrons. The molecule has 0 spiro atoms. The number of carbonyl (C=O) groups is 3. The Labute approximate surface area is 227 Å². The van der Waals surface area contributed by atoms with E-state index in [-0.39, 0.29) is 30.2 Å². The Hall–Kier alpha value is -3.35. The molecular formula is C27H39N5O7. The zero-order chi connectivity index (χ0) is 27.9. The first-order chi connectivity index (χ1) is 19.0. The molecule has 0 radical (unpaired) electrons. The van der Waals surface area contributed by atoms with Crippen molar-refractivity contribution in [2.45, 2.75) is 51.5 Å². The molecule has 1 saturated heterocycles. The first-order valence-electron chi connectivity index (χ1n) is 13.6. The minimum Gasteiger partial charge on any atom is -0.385 e. The van der Waals surface area contributed by atoms with E-state index in [4.69, 9.17) is 14.2 Å². The minimum absolute atomic E-state index is 0.0854. The minimum atomic E-state index is -0.791. The molecule has 1 aliphatic heterocycles. The van der Waals surface area contributed by atoms with Gasteiger partial charge >= 0.3 is 0 Å². The predicted octanol–water partition coefficient (Wildman–Crippen LogP) is 1.53. The summed E-state index contributed by atoms with van der Waals surface area (Å²) in [6.45, 7) is 6.40. The molecule has 3 amide bonds. The Balaban J connectivity index is 1.26. The van der Waals surface area contributed by atoms with E-state index in [0.717, 1.165) is 29.6 Å². The van der Waals surface area contributed by atoms with Crippen LogP contribution in [-0.4, -0.2) is 80.2 Å². The number of carbonyl (C=O) groups excluding carboxylic acids is 3. The van der Waals surface area contributed by atoms with E-state index in [1.54, 1.807) is 12.3 Å². The van der Waals surface area contributed by atoms with Crippen LogP contribution < -0.4 is 21.5 Å². The van der Waals surface area contributed by atoms with Gasteiger partial charge in [0.05, 0.1) is 38.0 Å². The quantitative estimate of drug-likeness (QED) is 0.187. The van der Waals surface area contributed by atoms with E-state index >= 15 is 0 Å². The van der Waals surface area contributed by atoms with Crippen molar-refractivity contribution in [2.24, 2.45) is 0 Å². The fourth-order valence-corrected chi connectivity index (χ4v) is 4.07. The lowest BCUT2D eigenvalue weighted by atomic mass is 10.1. The van der Waals surface area contributed by atoms with Crippen LogP contribution in [0.4, 0.5) is 5.69 Å². The number of ether oxygens (including phenoxy) is 3. The zero-order valence-electron chi connectivity index (χ0n) is 22.5. The number of imide groups is 1. The van der Waals surface area contributed by atoms with E-state index in [1.807, 2.05) is 19.1 Å². The Morgan fingerprint density at radius 1 is 1.03 bits per heavy atom. The number of rotatable bonds is 18. The number of amides is 3. The lowest BCUT2D eigenvalue weighted by molar-refractivity contribution is -0.136. The summed E-state index contributed by atoms with van der Waals surface area (Å²) < 4.78 is 17.7. The topological polar surface area (TPSA) is 150 Å². The van der Waals surface area contributed by atoms with E-state index in [1.165, 1.54) is 0 Å². The van der Waals surface area contributed by atoms with Crippen LogP contribution in [-0.2, 0) is 28.6 Å². The number of fused-ring (bicyclic) bond motifs is 1. The summed E-state index contributed by atoms with van der Waals surface area (Å²) in [7, 11) is 0. The lowest BCUT2D eigenvalue weighted by Crippen LogP contribution is -2.45. The molecule has 1 aromatic carbocycles.